The molecule has 1 heterocycles. The van der Waals surface area contributed by atoms with Gasteiger partial charge in [0.15, 0.2) is 0 Å². The van der Waals surface area contributed by atoms with Crippen molar-refractivity contribution in [1.82, 2.24) is 9.55 Å². The average molecular weight is 220 g/mol. The highest BCUT2D eigenvalue weighted by atomic mass is 16.5. The van der Waals surface area contributed by atoms with Crippen LogP contribution in [-0.2, 0) is 11.3 Å². The van der Waals surface area contributed by atoms with Crippen molar-refractivity contribution in [3.8, 4) is 0 Å². The highest BCUT2D eigenvalue weighted by Crippen LogP contribution is 2.15. The molecular weight excluding hydrogens is 204 g/mol. The normalized spacial score (nSPS) is 13.2. The molecule has 4 heteroatoms. The quantitative estimate of drug-likeness (QED) is 0.846. The molecule has 16 heavy (non-hydrogen) atoms. The fraction of sp³-hybridized carbons (Fsp3) is 0.417. The Morgan fingerprint density at radius 1 is 1.44 bits per heavy atom. The van der Waals surface area contributed by atoms with E-state index in [2.05, 4.69) is 4.98 Å². The number of benzene rings is 1. The van der Waals surface area contributed by atoms with Gasteiger partial charge in [-0.3, -0.25) is 0 Å². The number of ether oxygens (including phenoxy) is 1. The van der Waals surface area contributed by atoms with Crippen molar-refractivity contribution in [3.63, 3.8) is 0 Å². The number of hydrogen-bond acceptors (Lipinski definition) is 3. The number of aliphatic hydroxyl groups is 1. The molecule has 1 aromatic carbocycles. The van der Waals surface area contributed by atoms with Gasteiger partial charge in [0, 0.05) is 7.11 Å². The first kappa shape index (κ1) is 11.1. The van der Waals surface area contributed by atoms with Crippen molar-refractivity contribution in [1.29, 1.82) is 0 Å². The molecule has 0 saturated carbocycles. The Hall–Kier alpha value is -1.39. The maximum absolute atomic E-state index is 9.73. The van der Waals surface area contributed by atoms with Crippen molar-refractivity contribution in [2.45, 2.75) is 19.6 Å². The summed E-state index contributed by atoms with van der Waals surface area (Å²) >= 11 is 0. The van der Waals surface area contributed by atoms with Gasteiger partial charge in [-0.1, -0.05) is 12.1 Å². The highest BCUT2D eigenvalue weighted by molar-refractivity contribution is 5.75. The first-order valence-corrected chi connectivity index (χ1v) is 5.31. The lowest BCUT2D eigenvalue weighted by Crippen LogP contribution is -2.21. The van der Waals surface area contributed by atoms with Crippen LogP contribution in [0.2, 0.25) is 0 Å². The molecule has 0 aliphatic rings. The molecule has 4 nitrogen and oxygen atoms in total. The number of methoxy groups -OCH3 is 1. The molecule has 0 saturated heterocycles. The predicted molar refractivity (Wildman–Crippen MR) is 62.4 cm³/mol. The zero-order chi connectivity index (χ0) is 11.5. The molecule has 0 spiro atoms. The number of imidazole rings is 1. The summed E-state index contributed by atoms with van der Waals surface area (Å²) in [6.45, 7) is 2.80. The lowest BCUT2D eigenvalue weighted by Gasteiger charge is -2.12. The van der Waals surface area contributed by atoms with E-state index in [4.69, 9.17) is 4.74 Å². The summed E-state index contributed by atoms with van der Waals surface area (Å²) in [5, 5.41) is 9.73. The fourth-order valence-electron chi connectivity index (χ4n) is 1.88. The Morgan fingerprint density at radius 3 is 2.94 bits per heavy atom. The van der Waals surface area contributed by atoms with Crippen LogP contribution in [0.4, 0.5) is 0 Å². The summed E-state index contributed by atoms with van der Waals surface area (Å²) in [5.74, 6) is 0.913. The number of hydrogen-bond donors (Lipinski definition) is 1. The summed E-state index contributed by atoms with van der Waals surface area (Å²) in [6.07, 6.45) is -0.499. The molecule has 0 radical (unpaired) electrons. The zero-order valence-electron chi connectivity index (χ0n) is 9.55. The summed E-state index contributed by atoms with van der Waals surface area (Å²) in [7, 11) is 1.59. The highest BCUT2D eigenvalue weighted by Gasteiger charge is 2.10. The van der Waals surface area contributed by atoms with Crippen molar-refractivity contribution in [2.75, 3.05) is 13.7 Å². The van der Waals surface area contributed by atoms with E-state index in [0.29, 0.717) is 13.2 Å². The van der Waals surface area contributed by atoms with Crippen LogP contribution < -0.4 is 0 Å². The van der Waals surface area contributed by atoms with Crippen LogP contribution in [0.15, 0.2) is 24.3 Å². The Balaban J connectivity index is 2.32. The Kier molecular flexibility index (Phi) is 3.22. The molecule has 0 amide bonds. The molecule has 0 bridgehead atoms. The van der Waals surface area contributed by atoms with Gasteiger partial charge in [0.2, 0.25) is 0 Å². The van der Waals surface area contributed by atoms with Crippen molar-refractivity contribution in [3.05, 3.63) is 30.1 Å². The van der Waals surface area contributed by atoms with Crippen LogP contribution >= 0.6 is 0 Å². The smallest absolute Gasteiger partial charge is 0.106 e. The van der Waals surface area contributed by atoms with E-state index in [1.165, 1.54) is 0 Å². The van der Waals surface area contributed by atoms with Gasteiger partial charge in [-0.25, -0.2) is 4.98 Å². The first-order chi connectivity index (χ1) is 7.72. The van der Waals surface area contributed by atoms with E-state index in [9.17, 15) is 5.11 Å². The monoisotopic (exact) mass is 220 g/mol. The molecular formula is C12H16N2O2. The van der Waals surface area contributed by atoms with Crippen molar-refractivity contribution >= 4 is 11.0 Å². The van der Waals surface area contributed by atoms with Crippen LogP contribution in [0.3, 0.4) is 0 Å². The summed E-state index contributed by atoms with van der Waals surface area (Å²) in [6, 6.07) is 7.92. The molecule has 0 aliphatic heterocycles. The fourth-order valence-corrected chi connectivity index (χ4v) is 1.88. The number of para-hydroxylation sites is 2. The van der Waals surface area contributed by atoms with Gasteiger partial charge in [-0.05, 0) is 19.1 Å². The third kappa shape index (κ3) is 2.08. The average Bonchev–Trinajstić information content (AvgIpc) is 2.56. The second kappa shape index (κ2) is 4.63. The zero-order valence-corrected chi connectivity index (χ0v) is 9.55. The van der Waals surface area contributed by atoms with Crippen LogP contribution in [-0.4, -0.2) is 34.5 Å². The van der Waals surface area contributed by atoms with Crippen molar-refractivity contribution < 1.29 is 9.84 Å². The van der Waals surface area contributed by atoms with Crippen molar-refractivity contribution in [2.24, 2.45) is 0 Å². The number of rotatable bonds is 4. The van der Waals surface area contributed by atoms with E-state index in [0.717, 1.165) is 16.9 Å². The number of aromatic nitrogens is 2. The van der Waals surface area contributed by atoms with Gasteiger partial charge in [0.25, 0.3) is 0 Å². The molecule has 1 atom stereocenters. The van der Waals surface area contributed by atoms with Gasteiger partial charge < -0.3 is 14.4 Å². The first-order valence-electron chi connectivity index (χ1n) is 5.31. The van der Waals surface area contributed by atoms with Crippen LogP contribution in [0.25, 0.3) is 11.0 Å². The minimum absolute atomic E-state index is 0.339. The number of aryl methyl sites for hydroxylation is 1. The third-order valence-electron chi connectivity index (χ3n) is 2.60. The summed E-state index contributed by atoms with van der Waals surface area (Å²) in [5.41, 5.74) is 2.01. The molecule has 2 rings (SSSR count). The second-order valence-corrected chi connectivity index (χ2v) is 3.87. The van der Waals surface area contributed by atoms with E-state index in [1.807, 2.05) is 35.8 Å². The van der Waals surface area contributed by atoms with Crippen LogP contribution in [0.1, 0.15) is 5.82 Å². The molecule has 0 fully saturated rings. The minimum Gasteiger partial charge on any atom is -0.389 e. The van der Waals surface area contributed by atoms with Gasteiger partial charge in [-0.15, -0.1) is 0 Å². The van der Waals surface area contributed by atoms with Gasteiger partial charge >= 0.3 is 0 Å². The largest absolute Gasteiger partial charge is 0.389 e. The molecule has 1 unspecified atom stereocenters. The molecule has 86 valence electrons. The van der Waals surface area contributed by atoms with Crippen LogP contribution in [0.5, 0.6) is 0 Å². The van der Waals surface area contributed by atoms with E-state index < -0.39 is 6.10 Å². The molecule has 0 aliphatic carbocycles. The Labute approximate surface area is 94.5 Å². The second-order valence-electron chi connectivity index (χ2n) is 3.87. The maximum Gasteiger partial charge on any atom is 0.106 e. The SMILES string of the molecule is COCC(O)Cn1c(C)nc2ccccc21. The lowest BCUT2D eigenvalue weighted by molar-refractivity contribution is 0.0540. The van der Waals surface area contributed by atoms with Crippen LogP contribution in [0, 0.1) is 6.92 Å². The van der Waals surface area contributed by atoms with Gasteiger partial charge in [0.05, 0.1) is 30.3 Å². The lowest BCUT2D eigenvalue weighted by atomic mass is 10.3. The maximum atomic E-state index is 9.73. The Morgan fingerprint density at radius 2 is 2.19 bits per heavy atom. The van der Waals surface area contributed by atoms with Gasteiger partial charge in [-0.2, -0.15) is 0 Å². The van der Waals surface area contributed by atoms with Gasteiger partial charge in [0.1, 0.15) is 5.82 Å². The molecule has 2 aromatic rings. The summed E-state index contributed by atoms with van der Waals surface area (Å²) < 4.78 is 6.93. The number of fused-ring (bicyclic) bond motifs is 1. The third-order valence-corrected chi connectivity index (χ3v) is 2.60. The van der Waals surface area contributed by atoms with E-state index in [1.54, 1.807) is 7.11 Å². The minimum atomic E-state index is -0.499. The predicted octanol–water partition coefficient (Wildman–Crippen LogP) is 1.35. The topological polar surface area (TPSA) is 47.3 Å². The number of aliphatic hydroxyl groups excluding tert-OH is 1. The Bertz CT molecular complexity index is 479. The van der Waals surface area contributed by atoms with E-state index in [-0.39, 0.29) is 0 Å². The van der Waals surface area contributed by atoms with E-state index >= 15 is 0 Å². The molecule has 1 aromatic heterocycles. The summed E-state index contributed by atoms with van der Waals surface area (Å²) in [4.78, 5) is 4.44. The molecule has 1 N–H and O–H groups in total. The number of nitrogens with zero attached hydrogens (tertiary/aromatic N) is 2. The standard InChI is InChI=1S/C12H16N2O2/c1-9-13-11-5-3-4-6-12(11)14(9)7-10(15)8-16-2/h3-6,10,15H,7-8H2,1-2H3.